The summed E-state index contributed by atoms with van der Waals surface area (Å²) >= 11 is 0. The van der Waals surface area contributed by atoms with Gasteiger partial charge in [-0.25, -0.2) is 0 Å². The minimum atomic E-state index is -0.682. The summed E-state index contributed by atoms with van der Waals surface area (Å²) in [6.45, 7) is 1.28. The Morgan fingerprint density at radius 3 is 2.81 bits per heavy atom. The summed E-state index contributed by atoms with van der Waals surface area (Å²) in [6.07, 6.45) is 4.52. The summed E-state index contributed by atoms with van der Waals surface area (Å²) in [5.41, 5.74) is 8.12. The van der Waals surface area contributed by atoms with Gasteiger partial charge in [-0.3, -0.25) is 14.6 Å². The maximum atomic E-state index is 12.9. The van der Waals surface area contributed by atoms with Gasteiger partial charge in [0.15, 0.2) is 0 Å². The molecule has 2 amide bonds. The standard InChI is InChI=1S/C20H20N4O2/c1-23-12-16(14-5-2-3-7-17(14)23)13-8-10-24(11-13)20(26)15-6-4-9-22-18(15)19(21)25/h2-7,9,12-13H,8,10-11H2,1H3,(H2,21,25). The number of benzene rings is 1. The molecule has 1 aliphatic rings. The predicted octanol–water partition coefficient (Wildman–Crippen LogP) is 2.30. The van der Waals surface area contributed by atoms with Crippen LogP contribution in [0.1, 0.15) is 38.7 Å². The van der Waals surface area contributed by atoms with Gasteiger partial charge in [0.25, 0.3) is 11.8 Å². The van der Waals surface area contributed by atoms with Gasteiger partial charge in [-0.05, 0) is 30.2 Å². The number of nitrogens with two attached hydrogens (primary N) is 1. The normalized spacial score (nSPS) is 17.0. The fourth-order valence-electron chi connectivity index (χ4n) is 3.84. The van der Waals surface area contributed by atoms with Gasteiger partial charge in [-0.15, -0.1) is 0 Å². The number of fused-ring (bicyclic) bond motifs is 1. The summed E-state index contributed by atoms with van der Waals surface area (Å²) in [6, 6.07) is 11.6. The minimum Gasteiger partial charge on any atom is -0.364 e. The van der Waals surface area contributed by atoms with Crippen molar-refractivity contribution >= 4 is 22.7 Å². The molecule has 0 spiro atoms. The average molecular weight is 348 g/mol. The lowest BCUT2D eigenvalue weighted by Gasteiger charge is -2.17. The van der Waals surface area contributed by atoms with Crippen molar-refractivity contribution in [1.82, 2.24) is 14.5 Å². The highest BCUT2D eigenvalue weighted by Gasteiger charge is 2.31. The Kier molecular flexibility index (Phi) is 3.95. The van der Waals surface area contributed by atoms with Crippen molar-refractivity contribution < 1.29 is 9.59 Å². The molecule has 1 fully saturated rings. The first-order valence-corrected chi connectivity index (χ1v) is 8.64. The van der Waals surface area contributed by atoms with E-state index in [4.69, 9.17) is 5.73 Å². The van der Waals surface area contributed by atoms with Crippen LogP contribution in [0.25, 0.3) is 10.9 Å². The van der Waals surface area contributed by atoms with Crippen LogP contribution in [0.5, 0.6) is 0 Å². The Hall–Kier alpha value is -3.15. The molecule has 0 bridgehead atoms. The molecule has 0 aliphatic carbocycles. The molecule has 1 aliphatic heterocycles. The van der Waals surface area contributed by atoms with E-state index in [1.165, 1.54) is 22.7 Å². The largest absolute Gasteiger partial charge is 0.364 e. The topological polar surface area (TPSA) is 81.2 Å². The Balaban J connectivity index is 1.61. The molecule has 2 aromatic heterocycles. The van der Waals surface area contributed by atoms with Gasteiger partial charge in [-0.1, -0.05) is 18.2 Å². The van der Waals surface area contributed by atoms with E-state index in [-0.39, 0.29) is 23.1 Å². The highest BCUT2D eigenvalue weighted by Crippen LogP contribution is 2.34. The zero-order valence-corrected chi connectivity index (χ0v) is 14.6. The van der Waals surface area contributed by atoms with Crippen LogP contribution in [0, 0.1) is 0 Å². The minimum absolute atomic E-state index is 0.0334. The fraction of sp³-hybridized carbons (Fsp3) is 0.250. The van der Waals surface area contributed by atoms with Crippen LogP contribution in [0.4, 0.5) is 0 Å². The molecule has 1 aromatic carbocycles. The second-order valence-corrected chi connectivity index (χ2v) is 6.71. The summed E-state index contributed by atoms with van der Waals surface area (Å²) in [5, 5.41) is 1.23. The van der Waals surface area contributed by atoms with E-state index in [1.54, 1.807) is 17.0 Å². The second-order valence-electron chi connectivity index (χ2n) is 6.71. The SMILES string of the molecule is Cn1cc(C2CCN(C(=O)c3cccnc3C(N)=O)C2)c2ccccc21. The van der Waals surface area contributed by atoms with Crippen molar-refractivity contribution in [3.05, 3.63) is 65.6 Å². The van der Waals surface area contributed by atoms with E-state index in [0.717, 1.165) is 6.42 Å². The lowest BCUT2D eigenvalue weighted by molar-refractivity contribution is 0.0784. The average Bonchev–Trinajstić information content (AvgIpc) is 3.26. The first-order valence-electron chi connectivity index (χ1n) is 8.64. The Labute approximate surface area is 151 Å². The van der Waals surface area contributed by atoms with Crippen molar-refractivity contribution in [2.45, 2.75) is 12.3 Å². The quantitative estimate of drug-likeness (QED) is 0.788. The molecule has 0 radical (unpaired) electrons. The van der Waals surface area contributed by atoms with E-state index >= 15 is 0 Å². The van der Waals surface area contributed by atoms with Gasteiger partial charge < -0.3 is 15.2 Å². The molecule has 1 atom stereocenters. The number of para-hydroxylation sites is 1. The summed E-state index contributed by atoms with van der Waals surface area (Å²) in [5.74, 6) is -0.591. The summed E-state index contributed by atoms with van der Waals surface area (Å²) in [7, 11) is 2.04. The summed E-state index contributed by atoms with van der Waals surface area (Å²) in [4.78, 5) is 30.2. The third kappa shape index (κ3) is 2.63. The maximum absolute atomic E-state index is 12.9. The van der Waals surface area contributed by atoms with Gasteiger partial charge in [-0.2, -0.15) is 0 Å². The molecule has 0 saturated carbocycles. The van der Waals surface area contributed by atoms with Gasteiger partial charge in [0, 0.05) is 49.4 Å². The zero-order valence-electron chi connectivity index (χ0n) is 14.6. The van der Waals surface area contributed by atoms with Gasteiger partial charge in [0.2, 0.25) is 0 Å². The third-order valence-electron chi connectivity index (χ3n) is 5.11. The van der Waals surface area contributed by atoms with Gasteiger partial charge in [0.1, 0.15) is 5.69 Å². The number of carbonyl (C=O) groups is 2. The highest BCUT2D eigenvalue weighted by molar-refractivity contribution is 6.05. The number of carbonyl (C=O) groups excluding carboxylic acids is 2. The Morgan fingerprint density at radius 2 is 2.00 bits per heavy atom. The van der Waals surface area contributed by atoms with Gasteiger partial charge >= 0.3 is 0 Å². The van der Waals surface area contributed by atoms with E-state index in [0.29, 0.717) is 13.1 Å². The van der Waals surface area contributed by atoms with Crippen LogP contribution < -0.4 is 5.73 Å². The number of hydrogen-bond acceptors (Lipinski definition) is 3. The highest BCUT2D eigenvalue weighted by atomic mass is 16.2. The predicted molar refractivity (Wildman–Crippen MR) is 98.9 cm³/mol. The number of hydrogen-bond donors (Lipinski definition) is 1. The number of primary amides is 1. The van der Waals surface area contributed by atoms with E-state index in [2.05, 4.69) is 27.9 Å². The molecule has 6 heteroatoms. The number of nitrogens with zero attached hydrogens (tertiary/aromatic N) is 3. The van der Waals surface area contributed by atoms with Crippen molar-refractivity contribution in [1.29, 1.82) is 0 Å². The fourth-order valence-corrected chi connectivity index (χ4v) is 3.84. The monoisotopic (exact) mass is 348 g/mol. The van der Waals surface area contributed by atoms with Crippen LogP contribution in [-0.2, 0) is 7.05 Å². The van der Waals surface area contributed by atoms with Gasteiger partial charge in [0.05, 0.1) is 5.56 Å². The number of rotatable bonds is 3. The number of amides is 2. The molecule has 26 heavy (non-hydrogen) atoms. The zero-order chi connectivity index (χ0) is 18.3. The van der Waals surface area contributed by atoms with E-state index in [1.807, 2.05) is 19.2 Å². The number of pyridine rings is 1. The van der Waals surface area contributed by atoms with Crippen molar-refractivity contribution in [2.24, 2.45) is 12.8 Å². The van der Waals surface area contributed by atoms with Crippen LogP contribution >= 0.6 is 0 Å². The van der Waals surface area contributed by atoms with Crippen LogP contribution in [0.2, 0.25) is 0 Å². The molecule has 3 aromatic rings. The lowest BCUT2D eigenvalue weighted by Crippen LogP contribution is -2.31. The smallest absolute Gasteiger partial charge is 0.268 e. The molecule has 4 rings (SSSR count). The van der Waals surface area contributed by atoms with Crippen molar-refractivity contribution in [2.75, 3.05) is 13.1 Å². The Morgan fingerprint density at radius 1 is 1.19 bits per heavy atom. The van der Waals surface area contributed by atoms with Crippen LogP contribution in [0.15, 0.2) is 48.8 Å². The molecule has 1 unspecified atom stereocenters. The lowest BCUT2D eigenvalue weighted by atomic mass is 9.98. The molecule has 1 saturated heterocycles. The second kappa shape index (κ2) is 6.29. The van der Waals surface area contributed by atoms with Crippen molar-refractivity contribution in [3.63, 3.8) is 0 Å². The van der Waals surface area contributed by atoms with Crippen molar-refractivity contribution in [3.8, 4) is 0 Å². The van der Waals surface area contributed by atoms with E-state index < -0.39 is 5.91 Å². The van der Waals surface area contributed by atoms with Crippen LogP contribution in [0.3, 0.4) is 0 Å². The maximum Gasteiger partial charge on any atom is 0.268 e. The molecule has 6 nitrogen and oxygen atoms in total. The molecular weight excluding hydrogens is 328 g/mol. The molecular formula is C20H20N4O2. The molecule has 2 N–H and O–H groups in total. The Bertz CT molecular complexity index is 1010. The number of aromatic nitrogens is 2. The number of likely N-dealkylation sites (tertiary alicyclic amines) is 1. The first-order chi connectivity index (χ1) is 12.6. The van der Waals surface area contributed by atoms with Crippen LogP contribution in [-0.4, -0.2) is 39.4 Å². The molecule has 132 valence electrons. The van der Waals surface area contributed by atoms with E-state index in [9.17, 15) is 9.59 Å². The molecule has 3 heterocycles. The number of aryl methyl sites for hydroxylation is 1. The summed E-state index contributed by atoms with van der Waals surface area (Å²) < 4.78 is 2.13. The third-order valence-corrected chi connectivity index (χ3v) is 5.11. The first kappa shape index (κ1) is 16.3.